The molecule has 0 bridgehead atoms. The van der Waals surface area contributed by atoms with Crippen molar-refractivity contribution >= 4 is 16.9 Å². The van der Waals surface area contributed by atoms with Gasteiger partial charge in [0.1, 0.15) is 0 Å². The van der Waals surface area contributed by atoms with Crippen LogP contribution in [0.5, 0.6) is 0 Å². The van der Waals surface area contributed by atoms with Crippen molar-refractivity contribution in [2.75, 3.05) is 0 Å². The van der Waals surface area contributed by atoms with Crippen LogP contribution < -0.4 is 10.5 Å². The molecule has 0 aliphatic rings. The van der Waals surface area contributed by atoms with Crippen LogP contribution in [0.15, 0.2) is 59.5 Å². The second kappa shape index (κ2) is 8.04. The van der Waals surface area contributed by atoms with Crippen molar-refractivity contribution in [1.29, 1.82) is 0 Å². The number of amides is 1. The lowest BCUT2D eigenvalue weighted by Gasteiger charge is -2.15. The third-order valence-electron chi connectivity index (χ3n) is 3.43. The normalized spacial score (nSPS) is 13.6. The van der Waals surface area contributed by atoms with Crippen LogP contribution in [0.4, 0.5) is 0 Å². The molecule has 5 heteroatoms. The molecule has 0 aromatic heterocycles. The van der Waals surface area contributed by atoms with Gasteiger partial charge in [0, 0.05) is 0 Å². The number of rotatable bonds is 6. The number of carbonyl (C=O) groups excluding carboxylic acids is 1. The molecule has 0 aliphatic carbocycles. The maximum absolute atomic E-state index is 12.6. The van der Waals surface area contributed by atoms with Crippen LogP contribution in [0.2, 0.25) is 0 Å². The second-order valence-corrected chi connectivity index (χ2v) is 7.01. The summed E-state index contributed by atoms with van der Waals surface area (Å²) in [7, 11) is -1.64. The van der Waals surface area contributed by atoms with Gasteiger partial charge < -0.3 is 5.73 Å². The Morgan fingerprint density at radius 3 is 2.35 bits per heavy atom. The van der Waals surface area contributed by atoms with E-state index in [0.29, 0.717) is 17.2 Å². The van der Waals surface area contributed by atoms with Gasteiger partial charge in [0.15, 0.2) is 11.0 Å². The van der Waals surface area contributed by atoms with Crippen molar-refractivity contribution < 1.29 is 9.00 Å². The predicted octanol–water partition coefficient (Wildman–Crippen LogP) is 2.87. The molecule has 0 aliphatic heterocycles. The summed E-state index contributed by atoms with van der Waals surface area (Å²) in [5.74, 6) is -0.0827. The summed E-state index contributed by atoms with van der Waals surface area (Å²) >= 11 is 0. The van der Waals surface area contributed by atoms with Crippen LogP contribution in [0, 0.1) is 5.92 Å². The number of hydrogen-bond donors (Lipinski definition) is 2. The maximum atomic E-state index is 12.6. The molecule has 0 heterocycles. The first-order chi connectivity index (χ1) is 11.0. The summed E-state index contributed by atoms with van der Waals surface area (Å²) in [4.78, 5) is 12.7. The first-order valence-corrected chi connectivity index (χ1v) is 8.76. The zero-order valence-electron chi connectivity index (χ0n) is 13.4. The first-order valence-electron chi connectivity index (χ1n) is 7.61. The smallest absolute Gasteiger partial charge is 0.248 e. The topological polar surface area (TPSA) is 72.2 Å². The minimum atomic E-state index is -1.64. The zero-order valence-corrected chi connectivity index (χ0v) is 14.2. The van der Waals surface area contributed by atoms with Gasteiger partial charge in [-0.3, -0.25) is 9.52 Å². The Bertz CT molecular complexity index is 686. The van der Waals surface area contributed by atoms with Gasteiger partial charge in [-0.1, -0.05) is 62.4 Å². The third-order valence-corrected chi connectivity index (χ3v) is 4.57. The van der Waals surface area contributed by atoms with Gasteiger partial charge in [-0.2, -0.15) is 0 Å². The Morgan fingerprint density at radius 1 is 1.09 bits per heavy atom. The highest BCUT2D eigenvalue weighted by molar-refractivity contribution is 7.83. The fourth-order valence-corrected chi connectivity index (χ4v) is 3.35. The summed E-state index contributed by atoms with van der Waals surface area (Å²) in [6, 6.07) is 16.4. The largest absolute Gasteiger partial charge is 0.320 e. The van der Waals surface area contributed by atoms with Crippen molar-refractivity contribution in [1.82, 2.24) is 4.72 Å². The number of nitrogens with two attached hydrogens (primary N) is 1. The van der Waals surface area contributed by atoms with Crippen LogP contribution in [0.3, 0.4) is 0 Å². The van der Waals surface area contributed by atoms with E-state index in [9.17, 15) is 9.00 Å². The van der Waals surface area contributed by atoms with E-state index in [-0.39, 0.29) is 5.91 Å². The summed E-state index contributed by atoms with van der Waals surface area (Å²) in [5.41, 5.74) is 7.64. The van der Waals surface area contributed by atoms with Crippen LogP contribution in [-0.4, -0.2) is 16.2 Å². The highest BCUT2D eigenvalue weighted by Crippen LogP contribution is 2.25. The van der Waals surface area contributed by atoms with Crippen LogP contribution in [0.25, 0.3) is 11.1 Å². The Labute approximate surface area is 139 Å². The predicted molar refractivity (Wildman–Crippen MR) is 93.9 cm³/mol. The van der Waals surface area contributed by atoms with Gasteiger partial charge in [-0.25, -0.2) is 4.21 Å². The number of carbonyl (C=O) groups is 1. The zero-order chi connectivity index (χ0) is 16.8. The SMILES string of the molecule is CC(C)CC(N)C(=O)NS(=O)c1ccccc1-c1ccccc1. The van der Waals surface area contributed by atoms with E-state index in [2.05, 4.69) is 4.72 Å². The van der Waals surface area contributed by atoms with Crippen molar-refractivity contribution in [3.8, 4) is 11.1 Å². The molecule has 2 aromatic rings. The lowest BCUT2D eigenvalue weighted by atomic mass is 10.0. The van der Waals surface area contributed by atoms with Crippen LogP contribution in [-0.2, 0) is 15.8 Å². The third kappa shape index (κ3) is 4.74. The summed E-state index contributed by atoms with van der Waals surface area (Å²) in [6.45, 7) is 3.99. The molecule has 2 rings (SSSR count). The molecular weight excluding hydrogens is 308 g/mol. The van der Waals surface area contributed by atoms with Gasteiger partial charge in [-0.05, 0) is 29.5 Å². The van der Waals surface area contributed by atoms with E-state index < -0.39 is 17.0 Å². The minimum absolute atomic E-state index is 0.306. The Morgan fingerprint density at radius 2 is 1.70 bits per heavy atom. The maximum Gasteiger partial charge on any atom is 0.248 e. The lowest BCUT2D eigenvalue weighted by Crippen LogP contribution is -2.42. The van der Waals surface area contributed by atoms with E-state index in [1.165, 1.54) is 0 Å². The van der Waals surface area contributed by atoms with E-state index in [1.54, 1.807) is 12.1 Å². The monoisotopic (exact) mass is 330 g/mol. The summed E-state index contributed by atoms with van der Waals surface area (Å²) < 4.78 is 15.1. The molecule has 23 heavy (non-hydrogen) atoms. The molecule has 4 nitrogen and oxygen atoms in total. The van der Waals surface area contributed by atoms with Crippen molar-refractivity contribution in [2.24, 2.45) is 11.7 Å². The fourth-order valence-electron chi connectivity index (χ4n) is 2.32. The molecule has 3 N–H and O–H groups in total. The average molecular weight is 330 g/mol. The quantitative estimate of drug-likeness (QED) is 0.855. The molecular formula is C18H22N2O2S. The van der Waals surface area contributed by atoms with E-state index in [1.807, 2.05) is 56.3 Å². The molecule has 0 fully saturated rings. The Balaban J connectivity index is 2.19. The first kappa shape index (κ1) is 17.4. The molecule has 0 saturated heterocycles. The minimum Gasteiger partial charge on any atom is -0.320 e. The summed E-state index contributed by atoms with van der Waals surface area (Å²) in [6.07, 6.45) is 0.559. The van der Waals surface area contributed by atoms with Gasteiger partial charge in [0.2, 0.25) is 5.91 Å². The second-order valence-electron chi connectivity index (χ2n) is 5.83. The van der Waals surface area contributed by atoms with Gasteiger partial charge in [-0.15, -0.1) is 0 Å². The van der Waals surface area contributed by atoms with E-state index in [0.717, 1.165) is 11.1 Å². The molecule has 0 saturated carbocycles. The highest BCUT2D eigenvalue weighted by Gasteiger charge is 2.19. The number of nitrogens with one attached hydrogen (secondary N) is 1. The average Bonchev–Trinajstić information content (AvgIpc) is 2.55. The molecule has 2 atom stereocenters. The molecule has 122 valence electrons. The van der Waals surface area contributed by atoms with Crippen molar-refractivity contribution in [3.63, 3.8) is 0 Å². The van der Waals surface area contributed by atoms with Crippen LogP contribution >= 0.6 is 0 Å². The molecule has 0 spiro atoms. The van der Waals surface area contributed by atoms with E-state index >= 15 is 0 Å². The Kier molecular flexibility index (Phi) is 6.07. The lowest BCUT2D eigenvalue weighted by molar-refractivity contribution is -0.120. The number of benzene rings is 2. The summed E-state index contributed by atoms with van der Waals surface area (Å²) in [5, 5.41) is 0. The molecule has 0 radical (unpaired) electrons. The Hall–Kier alpha value is -1.98. The number of hydrogen-bond acceptors (Lipinski definition) is 3. The molecule has 2 unspecified atom stereocenters. The highest BCUT2D eigenvalue weighted by atomic mass is 32.2. The van der Waals surface area contributed by atoms with E-state index in [4.69, 9.17) is 5.73 Å². The van der Waals surface area contributed by atoms with Gasteiger partial charge in [0.25, 0.3) is 0 Å². The van der Waals surface area contributed by atoms with Crippen molar-refractivity contribution in [3.05, 3.63) is 54.6 Å². The van der Waals surface area contributed by atoms with Gasteiger partial charge in [0.05, 0.1) is 10.9 Å². The van der Waals surface area contributed by atoms with Gasteiger partial charge >= 0.3 is 0 Å². The molecule has 2 aromatic carbocycles. The standard InChI is InChI=1S/C18H22N2O2S/c1-13(2)12-16(19)18(21)20-23(22)17-11-7-6-10-15(17)14-8-4-3-5-9-14/h3-11,13,16H,12,19H2,1-2H3,(H,20,21). The van der Waals surface area contributed by atoms with Crippen molar-refractivity contribution in [2.45, 2.75) is 31.2 Å². The molecule has 1 amide bonds. The fraction of sp³-hybridized carbons (Fsp3) is 0.278. The van der Waals surface area contributed by atoms with Crippen LogP contribution in [0.1, 0.15) is 20.3 Å².